The molecule has 5 heteroatoms. The summed E-state index contributed by atoms with van der Waals surface area (Å²) < 4.78 is 5.21. The number of aromatic hydroxyl groups is 1. The average Bonchev–Trinajstić information content (AvgIpc) is 2.87. The summed E-state index contributed by atoms with van der Waals surface area (Å²) in [5.41, 5.74) is 3.25. The number of aryl methyl sites for hydroxylation is 1. The summed E-state index contributed by atoms with van der Waals surface area (Å²) in [7, 11) is 1.65. The van der Waals surface area contributed by atoms with Gasteiger partial charge < -0.3 is 20.5 Å². The highest BCUT2D eigenvalue weighted by atomic mass is 16.5. The zero-order valence-electron chi connectivity index (χ0n) is 15.1. The Hall–Kier alpha value is -2.79. The Morgan fingerprint density at radius 2 is 1.96 bits per heavy atom. The van der Waals surface area contributed by atoms with Gasteiger partial charge >= 0.3 is 0 Å². The quantitative estimate of drug-likeness (QED) is 0.583. The van der Waals surface area contributed by atoms with Gasteiger partial charge in [-0.2, -0.15) is 0 Å². The first kappa shape index (κ1) is 18.0. The third kappa shape index (κ3) is 4.24. The minimum atomic E-state index is -0.194. The Morgan fingerprint density at radius 3 is 2.65 bits per heavy atom. The summed E-state index contributed by atoms with van der Waals surface area (Å²) in [5, 5.41) is 16.8. The molecular weight excluding hydrogens is 328 g/mol. The highest BCUT2D eigenvalue weighted by Gasteiger charge is 2.18. The van der Waals surface area contributed by atoms with Crippen molar-refractivity contribution in [2.24, 2.45) is 0 Å². The van der Waals surface area contributed by atoms with E-state index in [4.69, 9.17) is 4.74 Å². The molecule has 1 saturated heterocycles. The molecule has 1 fully saturated rings. The van der Waals surface area contributed by atoms with Crippen molar-refractivity contribution in [2.45, 2.75) is 19.4 Å². The van der Waals surface area contributed by atoms with E-state index in [1.165, 1.54) is 0 Å². The molecule has 0 radical (unpaired) electrons. The van der Waals surface area contributed by atoms with Crippen LogP contribution in [0.2, 0.25) is 0 Å². The van der Waals surface area contributed by atoms with Crippen LogP contribution >= 0.6 is 0 Å². The number of carbonyl (C=O) groups is 1. The van der Waals surface area contributed by atoms with Crippen molar-refractivity contribution in [2.75, 3.05) is 20.2 Å². The second-order valence-corrected chi connectivity index (χ2v) is 6.47. The molecule has 1 aliphatic heterocycles. The number of nitrogens with one attached hydrogen (secondary N) is 2. The van der Waals surface area contributed by atoms with E-state index in [0.717, 1.165) is 35.7 Å². The molecule has 0 saturated carbocycles. The van der Waals surface area contributed by atoms with E-state index < -0.39 is 0 Å². The molecule has 5 nitrogen and oxygen atoms in total. The van der Waals surface area contributed by atoms with Crippen molar-refractivity contribution in [3.8, 4) is 11.5 Å². The van der Waals surface area contributed by atoms with Crippen LogP contribution in [0.4, 0.5) is 0 Å². The van der Waals surface area contributed by atoms with Gasteiger partial charge in [-0.1, -0.05) is 18.2 Å². The number of ketones is 1. The number of benzene rings is 2. The van der Waals surface area contributed by atoms with E-state index in [2.05, 4.69) is 10.6 Å². The molecule has 0 aromatic heterocycles. The summed E-state index contributed by atoms with van der Waals surface area (Å²) >= 11 is 0. The zero-order chi connectivity index (χ0) is 18.5. The molecule has 3 rings (SSSR count). The smallest absolute Gasteiger partial charge is 0.191 e. The standard InChI is InChI=1S/C21H24N2O3/c1-14-3-8-18(20(24)11-14)21(25)13-16-12-19(23-10-9-22-16)15-4-6-17(26-2)7-5-15/h3-8,11,13,19,22-24H,9-10,12H2,1-2H3/b16-13-. The monoisotopic (exact) mass is 352 g/mol. The third-order valence-corrected chi connectivity index (χ3v) is 4.53. The van der Waals surface area contributed by atoms with Gasteiger partial charge in [0.05, 0.1) is 12.7 Å². The van der Waals surface area contributed by atoms with Gasteiger partial charge in [-0.05, 0) is 42.3 Å². The lowest BCUT2D eigenvalue weighted by Crippen LogP contribution is -2.23. The predicted octanol–water partition coefficient (Wildman–Crippen LogP) is 3.10. The summed E-state index contributed by atoms with van der Waals surface area (Å²) in [6.45, 7) is 3.42. The van der Waals surface area contributed by atoms with E-state index in [0.29, 0.717) is 12.0 Å². The maximum Gasteiger partial charge on any atom is 0.191 e. The molecule has 2 aromatic rings. The van der Waals surface area contributed by atoms with Gasteiger partial charge in [-0.25, -0.2) is 0 Å². The first-order valence-corrected chi connectivity index (χ1v) is 8.72. The SMILES string of the molecule is COc1ccc(C2C/C(=C/C(=O)c3ccc(C)cc3O)NCCN2)cc1. The fourth-order valence-corrected chi connectivity index (χ4v) is 3.10. The van der Waals surface area contributed by atoms with E-state index in [1.807, 2.05) is 37.3 Å². The van der Waals surface area contributed by atoms with Gasteiger partial charge in [-0.15, -0.1) is 0 Å². The summed E-state index contributed by atoms with van der Waals surface area (Å²) in [4.78, 5) is 12.6. The number of phenols is 1. The van der Waals surface area contributed by atoms with Crippen LogP contribution in [0, 0.1) is 6.92 Å². The van der Waals surface area contributed by atoms with Crippen LogP contribution in [0.1, 0.15) is 33.9 Å². The van der Waals surface area contributed by atoms with E-state index in [1.54, 1.807) is 25.3 Å². The predicted molar refractivity (Wildman–Crippen MR) is 102 cm³/mol. The van der Waals surface area contributed by atoms with Crippen molar-refractivity contribution in [3.05, 3.63) is 70.9 Å². The maximum atomic E-state index is 12.6. The van der Waals surface area contributed by atoms with E-state index >= 15 is 0 Å². The Labute approximate surface area is 153 Å². The van der Waals surface area contributed by atoms with Crippen LogP contribution < -0.4 is 15.4 Å². The van der Waals surface area contributed by atoms with Gasteiger partial charge in [-0.3, -0.25) is 4.79 Å². The van der Waals surface area contributed by atoms with Crippen molar-refractivity contribution >= 4 is 5.78 Å². The molecule has 0 spiro atoms. The lowest BCUT2D eigenvalue weighted by Gasteiger charge is -2.17. The van der Waals surface area contributed by atoms with Crippen molar-refractivity contribution < 1.29 is 14.6 Å². The molecule has 1 atom stereocenters. The fourth-order valence-electron chi connectivity index (χ4n) is 3.10. The molecule has 0 aliphatic carbocycles. The number of allylic oxidation sites excluding steroid dienone is 1. The summed E-state index contributed by atoms with van der Waals surface area (Å²) in [5.74, 6) is 0.645. The Kier molecular flexibility index (Phi) is 5.58. The third-order valence-electron chi connectivity index (χ3n) is 4.53. The number of methoxy groups -OCH3 is 1. The maximum absolute atomic E-state index is 12.6. The van der Waals surface area contributed by atoms with Gasteiger partial charge in [0.25, 0.3) is 0 Å². The largest absolute Gasteiger partial charge is 0.507 e. The fraction of sp³-hybridized carbons (Fsp3) is 0.286. The van der Waals surface area contributed by atoms with Crippen LogP contribution in [-0.4, -0.2) is 31.1 Å². The van der Waals surface area contributed by atoms with Crippen LogP contribution in [-0.2, 0) is 0 Å². The first-order chi connectivity index (χ1) is 12.6. The lowest BCUT2D eigenvalue weighted by atomic mass is 10.0. The van der Waals surface area contributed by atoms with Crippen LogP contribution in [0.25, 0.3) is 0 Å². The van der Waals surface area contributed by atoms with E-state index in [-0.39, 0.29) is 17.6 Å². The molecular formula is C21H24N2O3. The minimum Gasteiger partial charge on any atom is -0.507 e. The number of rotatable bonds is 4. The van der Waals surface area contributed by atoms with Crippen molar-refractivity contribution in [1.82, 2.24) is 10.6 Å². The van der Waals surface area contributed by atoms with E-state index in [9.17, 15) is 9.90 Å². The molecule has 1 aliphatic rings. The molecule has 1 unspecified atom stereocenters. The topological polar surface area (TPSA) is 70.6 Å². The summed E-state index contributed by atoms with van der Waals surface area (Å²) in [6.07, 6.45) is 2.26. The highest BCUT2D eigenvalue weighted by molar-refractivity contribution is 6.06. The molecule has 0 bridgehead atoms. The number of ether oxygens (including phenoxy) is 1. The Morgan fingerprint density at radius 1 is 1.19 bits per heavy atom. The number of carbonyl (C=O) groups excluding carboxylic acids is 1. The highest BCUT2D eigenvalue weighted by Crippen LogP contribution is 2.25. The van der Waals surface area contributed by atoms with Gasteiger partial charge in [0.2, 0.25) is 0 Å². The zero-order valence-corrected chi connectivity index (χ0v) is 15.1. The number of phenolic OH excluding ortho intramolecular Hbond substituents is 1. The van der Waals surface area contributed by atoms with Crippen LogP contribution in [0.3, 0.4) is 0 Å². The summed E-state index contributed by atoms with van der Waals surface area (Å²) in [6, 6.07) is 13.2. The number of hydrogen-bond acceptors (Lipinski definition) is 5. The Balaban J connectivity index is 1.79. The average molecular weight is 352 g/mol. The molecule has 136 valence electrons. The molecule has 1 heterocycles. The van der Waals surface area contributed by atoms with Crippen molar-refractivity contribution in [3.63, 3.8) is 0 Å². The molecule has 2 aromatic carbocycles. The Bertz CT molecular complexity index is 813. The van der Waals surface area contributed by atoms with Gasteiger partial charge in [0, 0.05) is 37.3 Å². The normalized spacial score (nSPS) is 18.8. The second-order valence-electron chi connectivity index (χ2n) is 6.47. The first-order valence-electron chi connectivity index (χ1n) is 8.72. The second kappa shape index (κ2) is 8.06. The molecule has 3 N–H and O–H groups in total. The van der Waals surface area contributed by atoms with Gasteiger partial charge in [0.15, 0.2) is 5.78 Å². The van der Waals surface area contributed by atoms with Crippen molar-refractivity contribution in [1.29, 1.82) is 0 Å². The number of hydrogen-bond donors (Lipinski definition) is 3. The van der Waals surface area contributed by atoms with Gasteiger partial charge in [0.1, 0.15) is 11.5 Å². The molecule has 26 heavy (non-hydrogen) atoms. The minimum absolute atomic E-state index is 0.0188. The lowest BCUT2D eigenvalue weighted by molar-refractivity contribution is 0.104. The van der Waals surface area contributed by atoms with Crippen LogP contribution in [0.15, 0.2) is 54.2 Å². The molecule has 0 amide bonds. The van der Waals surface area contributed by atoms with Crippen LogP contribution in [0.5, 0.6) is 11.5 Å².